The summed E-state index contributed by atoms with van der Waals surface area (Å²) in [6.45, 7) is 2.00. The maximum Gasteiger partial charge on any atom is 0.356 e. The van der Waals surface area contributed by atoms with Gasteiger partial charge in [0.1, 0.15) is 5.03 Å². The van der Waals surface area contributed by atoms with Gasteiger partial charge in [-0.05, 0) is 31.2 Å². The predicted molar refractivity (Wildman–Crippen MR) is 71.5 cm³/mol. The van der Waals surface area contributed by atoms with E-state index < -0.39 is 5.97 Å². The van der Waals surface area contributed by atoms with Gasteiger partial charge in [0.2, 0.25) is 0 Å². The fourth-order valence-electron chi connectivity index (χ4n) is 1.43. The van der Waals surface area contributed by atoms with Crippen molar-refractivity contribution in [3.8, 4) is 0 Å². The summed E-state index contributed by atoms with van der Waals surface area (Å²) >= 11 is 7.18. The van der Waals surface area contributed by atoms with Crippen molar-refractivity contribution in [1.82, 2.24) is 4.98 Å². The second-order valence-electron chi connectivity index (χ2n) is 3.70. The molecule has 1 heterocycles. The van der Waals surface area contributed by atoms with E-state index in [0.29, 0.717) is 5.03 Å². The van der Waals surface area contributed by atoms with Gasteiger partial charge in [-0.1, -0.05) is 41.1 Å². The van der Waals surface area contributed by atoms with Gasteiger partial charge in [0, 0.05) is 4.90 Å². The number of rotatable bonds is 3. The minimum atomic E-state index is -1.12. The summed E-state index contributed by atoms with van der Waals surface area (Å²) in [5.41, 5.74) is 1.03. The van der Waals surface area contributed by atoms with Crippen LogP contribution in [-0.4, -0.2) is 16.1 Å². The number of aromatic nitrogens is 1. The van der Waals surface area contributed by atoms with Crippen molar-refractivity contribution in [2.24, 2.45) is 0 Å². The Balaban J connectivity index is 2.30. The van der Waals surface area contributed by atoms with Crippen molar-refractivity contribution in [2.45, 2.75) is 16.8 Å². The molecule has 0 fully saturated rings. The summed E-state index contributed by atoms with van der Waals surface area (Å²) in [4.78, 5) is 16.0. The number of aromatic carboxylic acids is 1. The molecule has 0 radical (unpaired) electrons. The molecule has 0 spiro atoms. The van der Waals surface area contributed by atoms with Gasteiger partial charge in [-0.3, -0.25) is 0 Å². The molecule has 0 amide bonds. The zero-order valence-electron chi connectivity index (χ0n) is 9.55. The topological polar surface area (TPSA) is 50.2 Å². The second-order valence-corrected chi connectivity index (χ2v) is 5.20. The molecule has 18 heavy (non-hydrogen) atoms. The molecular weight excluding hydrogens is 270 g/mol. The van der Waals surface area contributed by atoms with E-state index in [2.05, 4.69) is 4.98 Å². The quantitative estimate of drug-likeness (QED) is 0.926. The summed E-state index contributed by atoms with van der Waals surface area (Å²) < 4.78 is 0. The number of pyridine rings is 1. The van der Waals surface area contributed by atoms with Crippen molar-refractivity contribution in [2.75, 3.05) is 0 Å². The number of benzene rings is 1. The maximum absolute atomic E-state index is 10.9. The summed E-state index contributed by atoms with van der Waals surface area (Å²) in [5.74, 6) is -1.12. The van der Waals surface area contributed by atoms with Gasteiger partial charge in [-0.15, -0.1) is 0 Å². The highest BCUT2D eigenvalue weighted by molar-refractivity contribution is 7.99. The lowest BCUT2D eigenvalue weighted by atomic mass is 10.2. The number of nitrogens with zero attached hydrogens (tertiary/aromatic N) is 1. The smallest absolute Gasteiger partial charge is 0.356 e. The molecule has 0 unspecified atom stereocenters. The van der Waals surface area contributed by atoms with E-state index in [1.165, 1.54) is 11.8 Å². The van der Waals surface area contributed by atoms with Crippen molar-refractivity contribution in [3.05, 3.63) is 52.7 Å². The third-order valence-corrected chi connectivity index (χ3v) is 3.47. The van der Waals surface area contributed by atoms with Crippen LogP contribution in [0.15, 0.2) is 46.3 Å². The average Bonchev–Trinajstić information content (AvgIpc) is 2.31. The maximum atomic E-state index is 10.9. The van der Waals surface area contributed by atoms with Crippen LogP contribution in [0.25, 0.3) is 0 Å². The van der Waals surface area contributed by atoms with Crippen LogP contribution >= 0.6 is 23.4 Å². The molecule has 0 aliphatic heterocycles. The molecule has 1 aromatic heterocycles. The molecule has 0 atom stereocenters. The number of aryl methyl sites for hydroxylation is 1. The van der Waals surface area contributed by atoms with E-state index in [1.54, 1.807) is 12.1 Å². The van der Waals surface area contributed by atoms with Gasteiger partial charge in [-0.2, -0.15) is 0 Å². The van der Waals surface area contributed by atoms with Crippen LogP contribution in [0.3, 0.4) is 0 Å². The minimum absolute atomic E-state index is 0.116. The summed E-state index contributed by atoms with van der Waals surface area (Å²) in [5, 5.41) is 9.71. The second kappa shape index (κ2) is 5.42. The number of hydrogen-bond acceptors (Lipinski definition) is 3. The zero-order valence-corrected chi connectivity index (χ0v) is 11.1. The van der Waals surface area contributed by atoms with Crippen molar-refractivity contribution in [3.63, 3.8) is 0 Å². The van der Waals surface area contributed by atoms with Crippen LogP contribution in [0.4, 0.5) is 0 Å². The van der Waals surface area contributed by atoms with E-state index >= 15 is 0 Å². The van der Waals surface area contributed by atoms with E-state index in [-0.39, 0.29) is 10.7 Å². The van der Waals surface area contributed by atoms with E-state index in [0.717, 1.165) is 10.5 Å². The Bertz CT molecular complexity index is 601. The highest BCUT2D eigenvalue weighted by Crippen LogP contribution is 2.28. The van der Waals surface area contributed by atoms with Crippen LogP contribution in [-0.2, 0) is 0 Å². The lowest BCUT2D eigenvalue weighted by Gasteiger charge is -2.04. The van der Waals surface area contributed by atoms with Gasteiger partial charge >= 0.3 is 5.97 Å². The summed E-state index contributed by atoms with van der Waals surface area (Å²) in [6, 6.07) is 11.2. The normalized spacial score (nSPS) is 10.3. The Morgan fingerprint density at radius 1 is 1.33 bits per heavy atom. The molecule has 0 saturated heterocycles. The number of carboxylic acid groups (broad SMARTS) is 1. The van der Waals surface area contributed by atoms with Crippen LogP contribution in [0.2, 0.25) is 5.02 Å². The summed E-state index contributed by atoms with van der Waals surface area (Å²) in [7, 11) is 0. The van der Waals surface area contributed by atoms with Crippen molar-refractivity contribution >= 4 is 29.3 Å². The standard InChI is InChI=1S/C13H10ClNO2S/c1-8-3-2-4-9(7-8)18-11-6-5-10(14)12(15-11)13(16)17/h2-7H,1H3,(H,16,17). The molecule has 1 N–H and O–H groups in total. The number of carbonyl (C=O) groups is 1. The SMILES string of the molecule is Cc1cccc(Sc2ccc(Cl)c(C(=O)O)n2)c1. The molecule has 2 aromatic rings. The third kappa shape index (κ3) is 3.03. The molecule has 1 aromatic carbocycles. The highest BCUT2D eigenvalue weighted by atomic mass is 35.5. The Kier molecular flexibility index (Phi) is 3.89. The Labute approximate surface area is 114 Å². The Morgan fingerprint density at radius 3 is 2.78 bits per heavy atom. The first kappa shape index (κ1) is 12.9. The number of halogens is 1. The highest BCUT2D eigenvalue weighted by Gasteiger charge is 2.11. The first-order valence-corrected chi connectivity index (χ1v) is 6.40. The molecule has 0 bridgehead atoms. The monoisotopic (exact) mass is 279 g/mol. The first-order chi connectivity index (χ1) is 8.56. The van der Waals surface area contributed by atoms with Gasteiger partial charge in [0.25, 0.3) is 0 Å². The fraction of sp³-hybridized carbons (Fsp3) is 0.0769. The lowest BCUT2D eigenvalue weighted by molar-refractivity contribution is 0.0690. The van der Waals surface area contributed by atoms with E-state index in [9.17, 15) is 4.79 Å². The zero-order chi connectivity index (χ0) is 13.1. The number of hydrogen-bond donors (Lipinski definition) is 1. The van der Waals surface area contributed by atoms with Crippen LogP contribution < -0.4 is 0 Å². The molecule has 5 heteroatoms. The lowest BCUT2D eigenvalue weighted by Crippen LogP contribution is -2.01. The van der Waals surface area contributed by atoms with E-state index in [4.69, 9.17) is 16.7 Å². The van der Waals surface area contributed by atoms with Crippen molar-refractivity contribution in [1.29, 1.82) is 0 Å². The van der Waals surface area contributed by atoms with Crippen LogP contribution in [0.1, 0.15) is 16.1 Å². The molecular formula is C13H10ClNO2S. The van der Waals surface area contributed by atoms with Crippen molar-refractivity contribution < 1.29 is 9.90 Å². The molecule has 0 aliphatic rings. The largest absolute Gasteiger partial charge is 0.476 e. The number of carboxylic acids is 1. The fourth-order valence-corrected chi connectivity index (χ4v) is 2.52. The molecule has 2 rings (SSSR count). The third-order valence-electron chi connectivity index (χ3n) is 2.23. The predicted octanol–water partition coefficient (Wildman–Crippen LogP) is 3.89. The van der Waals surface area contributed by atoms with Gasteiger partial charge in [0.05, 0.1) is 5.02 Å². The Hall–Kier alpha value is -1.52. The molecule has 0 aliphatic carbocycles. The molecule has 92 valence electrons. The van der Waals surface area contributed by atoms with Gasteiger partial charge < -0.3 is 5.11 Å². The average molecular weight is 280 g/mol. The van der Waals surface area contributed by atoms with E-state index in [1.807, 2.05) is 31.2 Å². The van der Waals surface area contributed by atoms with Gasteiger partial charge in [0.15, 0.2) is 5.69 Å². The Morgan fingerprint density at radius 2 is 2.11 bits per heavy atom. The summed E-state index contributed by atoms with van der Waals surface area (Å²) in [6.07, 6.45) is 0. The van der Waals surface area contributed by atoms with Crippen LogP contribution in [0, 0.1) is 6.92 Å². The molecule has 0 saturated carbocycles. The van der Waals surface area contributed by atoms with Gasteiger partial charge in [-0.25, -0.2) is 9.78 Å². The first-order valence-electron chi connectivity index (χ1n) is 5.20. The van der Waals surface area contributed by atoms with Crippen LogP contribution in [0.5, 0.6) is 0 Å². The molecule has 3 nitrogen and oxygen atoms in total. The minimum Gasteiger partial charge on any atom is -0.476 e.